The van der Waals surface area contributed by atoms with Crippen molar-refractivity contribution >= 4 is 0 Å². The van der Waals surface area contributed by atoms with Crippen molar-refractivity contribution < 1.29 is 0 Å². The molecule has 68 valence electrons. The lowest BCUT2D eigenvalue weighted by Gasteiger charge is -2.48. The second-order valence-corrected chi connectivity index (χ2v) is 5.48. The molecule has 1 nitrogen and oxygen atoms in total. The van der Waals surface area contributed by atoms with Crippen molar-refractivity contribution in [3.63, 3.8) is 0 Å². The zero-order valence-electron chi connectivity index (χ0n) is 7.87. The van der Waals surface area contributed by atoms with Gasteiger partial charge < -0.3 is 5.73 Å². The highest BCUT2D eigenvalue weighted by Crippen LogP contribution is 2.58. The van der Waals surface area contributed by atoms with Crippen LogP contribution in [0.15, 0.2) is 0 Å². The SMILES string of the molecule is CC1CC2CC3C(N)C(C1)C3C2. The topological polar surface area (TPSA) is 26.0 Å². The Bertz CT molecular complexity index is 199. The minimum absolute atomic E-state index is 0.586. The van der Waals surface area contributed by atoms with Gasteiger partial charge in [0.2, 0.25) is 0 Å². The van der Waals surface area contributed by atoms with Gasteiger partial charge in [0, 0.05) is 6.04 Å². The summed E-state index contributed by atoms with van der Waals surface area (Å²) in [4.78, 5) is 0. The lowest BCUT2D eigenvalue weighted by Crippen LogP contribution is -2.54. The van der Waals surface area contributed by atoms with E-state index in [4.69, 9.17) is 5.73 Å². The molecule has 6 unspecified atom stereocenters. The van der Waals surface area contributed by atoms with E-state index in [1.807, 2.05) is 0 Å². The molecule has 2 bridgehead atoms. The molecule has 0 aliphatic heterocycles. The fourth-order valence-electron chi connectivity index (χ4n) is 4.26. The molecule has 0 heterocycles. The number of hydrogen-bond donors (Lipinski definition) is 1. The van der Waals surface area contributed by atoms with E-state index in [0.29, 0.717) is 6.04 Å². The lowest BCUT2D eigenvalue weighted by molar-refractivity contribution is 0.0441. The first-order valence-electron chi connectivity index (χ1n) is 5.51. The van der Waals surface area contributed by atoms with E-state index in [1.54, 1.807) is 0 Å². The second-order valence-electron chi connectivity index (χ2n) is 5.48. The van der Waals surface area contributed by atoms with Gasteiger partial charge in [0.25, 0.3) is 0 Å². The van der Waals surface area contributed by atoms with E-state index in [0.717, 1.165) is 29.6 Å². The Morgan fingerprint density at radius 1 is 0.917 bits per heavy atom. The van der Waals surface area contributed by atoms with Gasteiger partial charge in [-0.1, -0.05) is 6.92 Å². The summed E-state index contributed by atoms with van der Waals surface area (Å²) in [5, 5.41) is 0. The second kappa shape index (κ2) is 2.25. The van der Waals surface area contributed by atoms with Gasteiger partial charge in [-0.05, 0) is 55.3 Å². The highest BCUT2D eigenvalue weighted by Gasteiger charge is 2.55. The van der Waals surface area contributed by atoms with Crippen molar-refractivity contribution in [1.82, 2.24) is 0 Å². The third-order valence-corrected chi connectivity index (χ3v) is 4.71. The molecule has 0 aromatic heterocycles. The molecule has 0 radical (unpaired) electrons. The van der Waals surface area contributed by atoms with Crippen LogP contribution in [-0.4, -0.2) is 6.04 Å². The van der Waals surface area contributed by atoms with Crippen molar-refractivity contribution in [1.29, 1.82) is 0 Å². The van der Waals surface area contributed by atoms with Gasteiger partial charge in [-0.2, -0.15) is 0 Å². The summed E-state index contributed by atoms with van der Waals surface area (Å²) in [5.41, 5.74) is 6.18. The third kappa shape index (κ3) is 0.783. The van der Waals surface area contributed by atoms with Crippen LogP contribution in [0.3, 0.4) is 0 Å². The van der Waals surface area contributed by atoms with Crippen LogP contribution in [0.1, 0.15) is 32.6 Å². The van der Waals surface area contributed by atoms with E-state index >= 15 is 0 Å². The standard InChI is InChI=1S/C11H19N/c1-6-2-7-4-8-9(3-6)11(12)10(8)5-7/h6-11H,2-5,12H2,1H3. The monoisotopic (exact) mass is 165 g/mol. The van der Waals surface area contributed by atoms with E-state index in [9.17, 15) is 0 Å². The molecule has 0 saturated heterocycles. The predicted molar refractivity (Wildman–Crippen MR) is 49.6 cm³/mol. The van der Waals surface area contributed by atoms with Crippen LogP contribution in [0, 0.1) is 29.6 Å². The van der Waals surface area contributed by atoms with Crippen LogP contribution in [0.4, 0.5) is 0 Å². The van der Waals surface area contributed by atoms with Crippen molar-refractivity contribution in [2.45, 2.75) is 38.6 Å². The van der Waals surface area contributed by atoms with E-state index in [-0.39, 0.29) is 0 Å². The largest absolute Gasteiger partial charge is 0.327 e. The van der Waals surface area contributed by atoms with Crippen molar-refractivity contribution in [3.05, 3.63) is 0 Å². The molecule has 6 atom stereocenters. The molecular formula is C11H19N. The molecule has 0 aromatic rings. The smallest absolute Gasteiger partial charge is 0.0101 e. The van der Waals surface area contributed by atoms with Gasteiger partial charge in [0.05, 0.1) is 0 Å². The molecule has 1 heteroatoms. The molecule has 3 rings (SSSR count). The van der Waals surface area contributed by atoms with Gasteiger partial charge in [0.1, 0.15) is 0 Å². The Kier molecular flexibility index (Phi) is 1.39. The third-order valence-electron chi connectivity index (χ3n) is 4.71. The first kappa shape index (κ1) is 7.37. The number of rotatable bonds is 0. The zero-order chi connectivity index (χ0) is 8.29. The fraction of sp³-hybridized carbons (Fsp3) is 1.00. The Balaban J connectivity index is 1.87. The number of nitrogens with two attached hydrogens (primary N) is 1. The highest BCUT2D eigenvalue weighted by atomic mass is 14.8. The van der Waals surface area contributed by atoms with E-state index in [1.165, 1.54) is 25.7 Å². The van der Waals surface area contributed by atoms with Gasteiger partial charge in [-0.3, -0.25) is 0 Å². The fourth-order valence-corrected chi connectivity index (χ4v) is 4.26. The van der Waals surface area contributed by atoms with Crippen LogP contribution < -0.4 is 5.73 Å². The summed E-state index contributed by atoms with van der Waals surface area (Å²) in [7, 11) is 0. The maximum absolute atomic E-state index is 6.18. The van der Waals surface area contributed by atoms with Gasteiger partial charge in [-0.25, -0.2) is 0 Å². The molecule has 0 amide bonds. The van der Waals surface area contributed by atoms with E-state index in [2.05, 4.69) is 6.92 Å². The van der Waals surface area contributed by atoms with Crippen LogP contribution in [0.5, 0.6) is 0 Å². The van der Waals surface area contributed by atoms with Gasteiger partial charge in [-0.15, -0.1) is 0 Å². The Morgan fingerprint density at radius 2 is 1.58 bits per heavy atom. The summed E-state index contributed by atoms with van der Waals surface area (Å²) in [6, 6.07) is 0.586. The highest BCUT2D eigenvalue weighted by molar-refractivity contribution is 5.07. The molecule has 0 spiro atoms. The average Bonchev–Trinajstić information content (AvgIpc) is 2.31. The van der Waals surface area contributed by atoms with Gasteiger partial charge >= 0.3 is 0 Å². The molecule has 3 fully saturated rings. The molecule has 2 N–H and O–H groups in total. The molecule has 3 aliphatic carbocycles. The lowest BCUT2D eigenvalue weighted by atomic mass is 9.60. The minimum atomic E-state index is 0.586. The Morgan fingerprint density at radius 3 is 2.42 bits per heavy atom. The number of fused-ring (bicyclic) bond motifs is 1. The summed E-state index contributed by atoms with van der Waals surface area (Å²) in [6.45, 7) is 2.42. The summed E-state index contributed by atoms with van der Waals surface area (Å²) in [5.74, 6) is 4.91. The maximum atomic E-state index is 6.18. The van der Waals surface area contributed by atoms with Crippen LogP contribution in [0.25, 0.3) is 0 Å². The molecule has 3 aliphatic rings. The minimum Gasteiger partial charge on any atom is -0.327 e. The van der Waals surface area contributed by atoms with Crippen molar-refractivity contribution in [3.8, 4) is 0 Å². The molecule has 12 heavy (non-hydrogen) atoms. The van der Waals surface area contributed by atoms with Crippen LogP contribution >= 0.6 is 0 Å². The van der Waals surface area contributed by atoms with Crippen molar-refractivity contribution in [2.24, 2.45) is 35.3 Å². The first-order valence-corrected chi connectivity index (χ1v) is 5.51. The van der Waals surface area contributed by atoms with Crippen molar-refractivity contribution in [2.75, 3.05) is 0 Å². The normalized spacial score (nSPS) is 62.5. The first-order chi connectivity index (χ1) is 5.75. The number of hydrogen-bond acceptors (Lipinski definition) is 1. The quantitative estimate of drug-likeness (QED) is 0.584. The average molecular weight is 165 g/mol. The summed E-state index contributed by atoms with van der Waals surface area (Å²) >= 11 is 0. The Hall–Kier alpha value is -0.0400. The molecular weight excluding hydrogens is 146 g/mol. The summed E-state index contributed by atoms with van der Waals surface area (Å²) < 4.78 is 0. The molecule has 0 aromatic carbocycles. The molecule has 3 saturated carbocycles. The Labute approximate surface area is 74.7 Å². The van der Waals surface area contributed by atoms with E-state index < -0.39 is 0 Å². The van der Waals surface area contributed by atoms with Crippen LogP contribution in [0.2, 0.25) is 0 Å². The zero-order valence-corrected chi connectivity index (χ0v) is 7.87. The van der Waals surface area contributed by atoms with Gasteiger partial charge in [0.15, 0.2) is 0 Å². The summed E-state index contributed by atoms with van der Waals surface area (Å²) in [6.07, 6.45) is 5.91. The predicted octanol–water partition coefficient (Wildman–Crippen LogP) is 2.02. The maximum Gasteiger partial charge on any atom is 0.0101 e. The van der Waals surface area contributed by atoms with Crippen LogP contribution in [-0.2, 0) is 0 Å².